The number of hydrogen-bond acceptors (Lipinski definition) is 5. The molecule has 7 heteroatoms. The fourth-order valence-corrected chi connectivity index (χ4v) is 2.46. The van der Waals surface area contributed by atoms with Crippen LogP contribution in [0.25, 0.3) is 17.1 Å². The van der Waals surface area contributed by atoms with E-state index in [9.17, 15) is 4.79 Å². The molecule has 0 spiro atoms. The lowest BCUT2D eigenvalue weighted by Crippen LogP contribution is -2.16. The summed E-state index contributed by atoms with van der Waals surface area (Å²) in [5.74, 6) is -0.0378. The van der Waals surface area contributed by atoms with Crippen molar-refractivity contribution in [2.75, 3.05) is 0 Å². The fraction of sp³-hybridized carbons (Fsp3) is 0.0588. The van der Waals surface area contributed by atoms with Crippen LogP contribution in [0.1, 0.15) is 5.56 Å². The monoisotopic (exact) mass is 319 g/mol. The van der Waals surface area contributed by atoms with Gasteiger partial charge in [-0.3, -0.25) is 14.1 Å². The third-order valence-electron chi connectivity index (χ3n) is 3.62. The van der Waals surface area contributed by atoms with Crippen LogP contribution in [0.5, 0.6) is 0 Å². The largest absolute Gasteiger partial charge is 0.442 e. The Balaban J connectivity index is 1.67. The minimum Gasteiger partial charge on any atom is -0.295 e. The van der Waals surface area contributed by atoms with E-state index in [1.807, 2.05) is 36.5 Å². The fourth-order valence-electron chi connectivity index (χ4n) is 2.46. The second-order valence-corrected chi connectivity index (χ2v) is 5.22. The number of hydrogen-bond donors (Lipinski definition) is 0. The van der Waals surface area contributed by atoms with Crippen molar-refractivity contribution in [3.63, 3.8) is 0 Å². The van der Waals surface area contributed by atoms with Gasteiger partial charge in [-0.1, -0.05) is 23.4 Å². The summed E-state index contributed by atoms with van der Waals surface area (Å²) >= 11 is 0. The summed E-state index contributed by atoms with van der Waals surface area (Å²) in [7, 11) is 0. The van der Waals surface area contributed by atoms with Crippen molar-refractivity contribution in [1.82, 2.24) is 24.5 Å². The summed E-state index contributed by atoms with van der Waals surface area (Å²) in [6, 6.07) is 13.3. The molecule has 1 aromatic carbocycles. The van der Waals surface area contributed by atoms with E-state index < -0.39 is 5.76 Å². The van der Waals surface area contributed by atoms with Crippen molar-refractivity contribution >= 4 is 0 Å². The van der Waals surface area contributed by atoms with Gasteiger partial charge in [-0.25, -0.2) is 9.48 Å². The first-order chi connectivity index (χ1) is 11.8. The molecule has 7 nitrogen and oxygen atoms in total. The number of pyridine rings is 1. The van der Waals surface area contributed by atoms with Crippen molar-refractivity contribution in [2.45, 2.75) is 6.54 Å². The molecule has 0 saturated carbocycles. The van der Waals surface area contributed by atoms with Crippen molar-refractivity contribution in [2.24, 2.45) is 0 Å². The first-order valence-electron chi connectivity index (χ1n) is 7.37. The third-order valence-corrected chi connectivity index (χ3v) is 3.62. The molecule has 4 rings (SSSR count). The summed E-state index contributed by atoms with van der Waals surface area (Å²) in [5, 5.41) is 8.21. The van der Waals surface area contributed by atoms with E-state index in [0.717, 1.165) is 16.8 Å². The Morgan fingerprint density at radius 3 is 2.62 bits per heavy atom. The summed E-state index contributed by atoms with van der Waals surface area (Å²) in [6.07, 6.45) is 6.90. The molecule has 24 heavy (non-hydrogen) atoms. The molecule has 0 aliphatic carbocycles. The van der Waals surface area contributed by atoms with Gasteiger partial charge in [-0.2, -0.15) is 5.10 Å². The van der Waals surface area contributed by atoms with Crippen LogP contribution in [0.2, 0.25) is 0 Å². The highest BCUT2D eigenvalue weighted by Crippen LogP contribution is 2.16. The number of rotatable bonds is 4. The average molecular weight is 319 g/mol. The SMILES string of the molecule is O=c1onc(-c2ccncc2)n1Cc1cnn(-c2ccccc2)c1. The predicted octanol–water partition coefficient (Wildman–Crippen LogP) is 2.13. The lowest BCUT2D eigenvalue weighted by molar-refractivity contribution is 0.378. The molecule has 4 aromatic rings. The van der Waals surface area contributed by atoms with Crippen LogP contribution >= 0.6 is 0 Å². The highest BCUT2D eigenvalue weighted by atomic mass is 16.5. The highest BCUT2D eigenvalue weighted by molar-refractivity contribution is 5.53. The third kappa shape index (κ3) is 2.63. The minimum absolute atomic E-state index is 0.326. The second-order valence-electron chi connectivity index (χ2n) is 5.22. The maximum atomic E-state index is 12.0. The van der Waals surface area contributed by atoms with Gasteiger partial charge < -0.3 is 0 Å². The maximum Gasteiger partial charge on any atom is 0.442 e. The summed E-state index contributed by atoms with van der Waals surface area (Å²) < 4.78 is 8.06. The van der Waals surface area contributed by atoms with E-state index in [2.05, 4.69) is 15.2 Å². The molecule has 0 radical (unpaired) electrons. The molecule has 3 heterocycles. The Bertz CT molecular complexity index is 1000. The summed E-state index contributed by atoms with van der Waals surface area (Å²) in [5.41, 5.74) is 2.60. The standard InChI is InChI=1S/C17H13N5O2/c23-17-21(16(20-24-17)14-6-8-18-9-7-14)11-13-10-19-22(12-13)15-4-2-1-3-5-15/h1-10,12H,11H2. The average Bonchev–Trinajstić information content (AvgIpc) is 3.25. The number of para-hydroxylation sites is 1. The van der Waals surface area contributed by atoms with Crippen LogP contribution in [0.15, 0.2) is 76.6 Å². The van der Waals surface area contributed by atoms with Crippen molar-refractivity contribution in [3.05, 3.63) is 83.4 Å². The molecule has 0 atom stereocenters. The van der Waals surface area contributed by atoms with Gasteiger partial charge in [0.25, 0.3) is 0 Å². The summed E-state index contributed by atoms with van der Waals surface area (Å²) in [4.78, 5) is 16.0. The van der Waals surface area contributed by atoms with Crippen LogP contribution in [0.3, 0.4) is 0 Å². The Morgan fingerprint density at radius 1 is 1.04 bits per heavy atom. The molecule has 3 aromatic heterocycles. The number of aromatic nitrogens is 5. The van der Waals surface area contributed by atoms with Crippen molar-refractivity contribution in [1.29, 1.82) is 0 Å². The zero-order chi connectivity index (χ0) is 16.4. The molecule has 0 bridgehead atoms. The van der Waals surface area contributed by atoms with Gasteiger partial charge in [0.15, 0.2) is 5.82 Å². The Morgan fingerprint density at radius 2 is 1.83 bits per heavy atom. The zero-order valence-corrected chi connectivity index (χ0v) is 12.6. The van der Waals surface area contributed by atoms with Gasteiger partial charge in [0.2, 0.25) is 0 Å². The highest BCUT2D eigenvalue weighted by Gasteiger charge is 2.14. The van der Waals surface area contributed by atoms with Crippen LogP contribution in [-0.4, -0.2) is 24.5 Å². The molecule has 0 amide bonds. The maximum absolute atomic E-state index is 12.0. The quantitative estimate of drug-likeness (QED) is 0.576. The first-order valence-corrected chi connectivity index (χ1v) is 7.37. The number of nitrogens with zero attached hydrogens (tertiary/aromatic N) is 5. The van der Waals surface area contributed by atoms with Gasteiger partial charge in [-0.15, -0.1) is 0 Å². The van der Waals surface area contributed by atoms with Crippen molar-refractivity contribution in [3.8, 4) is 17.1 Å². The van der Waals surface area contributed by atoms with Gasteiger partial charge in [0.1, 0.15) is 0 Å². The molecular weight excluding hydrogens is 306 g/mol. The zero-order valence-electron chi connectivity index (χ0n) is 12.6. The van der Waals surface area contributed by atoms with Crippen LogP contribution in [-0.2, 0) is 6.54 Å². The second kappa shape index (κ2) is 5.96. The van der Waals surface area contributed by atoms with Crippen LogP contribution in [0, 0.1) is 0 Å². The van der Waals surface area contributed by atoms with Crippen LogP contribution < -0.4 is 5.76 Å². The van der Waals surface area contributed by atoms with E-state index in [1.54, 1.807) is 35.4 Å². The molecular formula is C17H13N5O2. The van der Waals surface area contributed by atoms with Gasteiger partial charge in [0, 0.05) is 29.7 Å². The lowest BCUT2D eigenvalue weighted by Gasteiger charge is -2.02. The van der Waals surface area contributed by atoms with Gasteiger partial charge in [-0.05, 0) is 24.3 Å². The molecule has 0 aliphatic heterocycles. The molecule has 0 fully saturated rings. The van der Waals surface area contributed by atoms with E-state index >= 15 is 0 Å². The van der Waals surface area contributed by atoms with E-state index in [1.165, 1.54) is 4.57 Å². The van der Waals surface area contributed by atoms with E-state index in [4.69, 9.17) is 4.52 Å². The first kappa shape index (κ1) is 14.1. The van der Waals surface area contributed by atoms with E-state index in [0.29, 0.717) is 12.4 Å². The number of benzene rings is 1. The molecule has 0 unspecified atom stereocenters. The topological polar surface area (TPSA) is 78.7 Å². The van der Waals surface area contributed by atoms with Gasteiger partial charge in [0.05, 0.1) is 18.4 Å². The normalized spacial score (nSPS) is 10.8. The summed E-state index contributed by atoms with van der Waals surface area (Å²) in [6.45, 7) is 0.326. The molecule has 0 saturated heterocycles. The lowest BCUT2D eigenvalue weighted by atomic mass is 10.2. The predicted molar refractivity (Wildman–Crippen MR) is 86.7 cm³/mol. The molecule has 118 valence electrons. The Hall–Kier alpha value is -3.48. The van der Waals surface area contributed by atoms with E-state index in [-0.39, 0.29) is 0 Å². The molecule has 0 aliphatic rings. The van der Waals surface area contributed by atoms with Gasteiger partial charge >= 0.3 is 5.76 Å². The Kier molecular flexibility index (Phi) is 3.51. The van der Waals surface area contributed by atoms with Crippen molar-refractivity contribution < 1.29 is 4.52 Å². The minimum atomic E-state index is -0.505. The van der Waals surface area contributed by atoms with Crippen LogP contribution in [0.4, 0.5) is 0 Å². The Labute approximate surface area is 136 Å². The molecule has 0 N–H and O–H groups in total. The smallest absolute Gasteiger partial charge is 0.295 e.